The van der Waals surface area contributed by atoms with E-state index in [0.717, 1.165) is 5.69 Å². The topological polar surface area (TPSA) is 42.5 Å². The molecular formula is C21H19ClN2O2S. The van der Waals surface area contributed by atoms with Crippen molar-refractivity contribution in [3.8, 4) is 17.2 Å². The van der Waals surface area contributed by atoms with Gasteiger partial charge in [-0.2, -0.15) is 0 Å². The minimum absolute atomic E-state index is 0.436. The third-order valence-corrected chi connectivity index (χ3v) is 4.23. The lowest BCUT2D eigenvalue weighted by Gasteiger charge is -2.16. The molecule has 4 nitrogen and oxygen atoms in total. The fourth-order valence-corrected chi connectivity index (χ4v) is 2.83. The number of rotatable bonds is 5. The Bertz CT molecular complexity index is 945. The van der Waals surface area contributed by atoms with Crippen molar-refractivity contribution in [3.05, 3.63) is 77.3 Å². The monoisotopic (exact) mass is 398 g/mol. The van der Waals surface area contributed by atoms with Gasteiger partial charge in [-0.1, -0.05) is 41.4 Å². The second kappa shape index (κ2) is 8.75. The standard InChI is InChI=1S/C21H19ClN2O2S/c1-14-7-10-16(11-8-14)23-21(27)24-17-13-15(22)9-12-18(17)26-20-6-4-3-5-19(20)25-2/h3-13H,1-2H3,(H2,23,24,27). The van der Waals surface area contributed by atoms with E-state index in [0.29, 0.717) is 33.1 Å². The Balaban J connectivity index is 1.79. The number of ether oxygens (including phenoxy) is 2. The van der Waals surface area contributed by atoms with E-state index in [1.165, 1.54) is 5.56 Å². The van der Waals surface area contributed by atoms with Crippen LogP contribution in [-0.2, 0) is 0 Å². The number of hydrogen-bond acceptors (Lipinski definition) is 3. The molecule has 2 N–H and O–H groups in total. The highest BCUT2D eigenvalue weighted by Gasteiger charge is 2.11. The van der Waals surface area contributed by atoms with Crippen molar-refractivity contribution >= 4 is 40.3 Å². The SMILES string of the molecule is COc1ccccc1Oc1ccc(Cl)cc1NC(=S)Nc1ccc(C)cc1. The van der Waals surface area contributed by atoms with E-state index in [1.807, 2.05) is 55.5 Å². The molecule has 27 heavy (non-hydrogen) atoms. The second-order valence-electron chi connectivity index (χ2n) is 5.84. The Morgan fingerprint density at radius 2 is 1.59 bits per heavy atom. The van der Waals surface area contributed by atoms with Gasteiger partial charge in [0, 0.05) is 10.7 Å². The molecular weight excluding hydrogens is 380 g/mol. The van der Waals surface area contributed by atoms with Crippen LogP contribution in [0.5, 0.6) is 17.2 Å². The summed E-state index contributed by atoms with van der Waals surface area (Å²) in [6.45, 7) is 2.04. The van der Waals surface area contributed by atoms with Crippen LogP contribution in [0, 0.1) is 6.92 Å². The van der Waals surface area contributed by atoms with Crippen LogP contribution < -0.4 is 20.1 Å². The Kier molecular flexibility index (Phi) is 6.16. The van der Waals surface area contributed by atoms with Crippen LogP contribution in [-0.4, -0.2) is 12.2 Å². The van der Waals surface area contributed by atoms with Gasteiger partial charge in [0.1, 0.15) is 0 Å². The average Bonchev–Trinajstić information content (AvgIpc) is 2.66. The summed E-state index contributed by atoms with van der Waals surface area (Å²) < 4.78 is 11.4. The number of methoxy groups -OCH3 is 1. The molecule has 138 valence electrons. The zero-order chi connectivity index (χ0) is 19.2. The minimum atomic E-state index is 0.436. The van der Waals surface area contributed by atoms with E-state index in [4.69, 9.17) is 33.3 Å². The second-order valence-corrected chi connectivity index (χ2v) is 6.68. The molecule has 0 aliphatic carbocycles. The number of nitrogens with one attached hydrogen (secondary N) is 2. The lowest BCUT2D eigenvalue weighted by molar-refractivity contribution is 0.379. The zero-order valence-corrected chi connectivity index (χ0v) is 16.5. The number of para-hydroxylation sites is 2. The summed E-state index contributed by atoms with van der Waals surface area (Å²) in [5.74, 6) is 1.82. The lowest BCUT2D eigenvalue weighted by Crippen LogP contribution is -2.19. The van der Waals surface area contributed by atoms with Crippen molar-refractivity contribution < 1.29 is 9.47 Å². The Labute approximate surface area is 169 Å². The minimum Gasteiger partial charge on any atom is -0.493 e. The Morgan fingerprint density at radius 1 is 0.889 bits per heavy atom. The number of halogens is 1. The van der Waals surface area contributed by atoms with E-state index >= 15 is 0 Å². The van der Waals surface area contributed by atoms with Gasteiger partial charge < -0.3 is 20.1 Å². The van der Waals surface area contributed by atoms with E-state index in [1.54, 1.807) is 25.3 Å². The van der Waals surface area contributed by atoms with Crippen LogP contribution in [0.15, 0.2) is 66.7 Å². The first-order valence-corrected chi connectivity index (χ1v) is 9.09. The maximum absolute atomic E-state index is 6.16. The normalized spacial score (nSPS) is 10.2. The summed E-state index contributed by atoms with van der Waals surface area (Å²) in [5, 5.41) is 7.30. The quantitative estimate of drug-likeness (QED) is 0.496. The summed E-state index contributed by atoms with van der Waals surface area (Å²) in [5.41, 5.74) is 2.73. The highest BCUT2D eigenvalue weighted by atomic mass is 35.5. The molecule has 0 saturated carbocycles. The number of benzene rings is 3. The molecule has 0 aliphatic heterocycles. The van der Waals surface area contributed by atoms with Crippen LogP contribution in [0.1, 0.15) is 5.56 Å². The van der Waals surface area contributed by atoms with Gasteiger partial charge in [0.25, 0.3) is 0 Å². The molecule has 0 heterocycles. The molecule has 6 heteroatoms. The first-order chi connectivity index (χ1) is 13.0. The highest BCUT2D eigenvalue weighted by Crippen LogP contribution is 2.36. The molecule has 0 atom stereocenters. The molecule has 0 amide bonds. The van der Waals surface area contributed by atoms with Gasteiger partial charge in [0.2, 0.25) is 0 Å². The van der Waals surface area contributed by atoms with Gasteiger partial charge in [-0.25, -0.2) is 0 Å². The molecule has 3 aromatic rings. The molecule has 0 unspecified atom stereocenters. The van der Waals surface area contributed by atoms with Gasteiger partial charge in [-0.3, -0.25) is 0 Å². The van der Waals surface area contributed by atoms with E-state index in [-0.39, 0.29) is 0 Å². The lowest BCUT2D eigenvalue weighted by atomic mass is 10.2. The zero-order valence-electron chi connectivity index (χ0n) is 15.0. The smallest absolute Gasteiger partial charge is 0.175 e. The molecule has 0 bridgehead atoms. The van der Waals surface area contributed by atoms with Gasteiger partial charge in [-0.15, -0.1) is 0 Å². The maximum Gasteiger partial charge on any atom is 0.175 e. The average molecular weight is 399 g/mol. The first kappa shape index (κ1) is 19.0. The summed E-state index contributed by atoms with van der Waals surface area (Å²) in [6, 6.07) is 20.7. The maximum atomic E-state index is 6.16. The van der Waals surface area contributed by atoms with E-state index in [9.17, 15) is 0 Å². The third-order valence-electron chi connectivity index (χ3n) is 3.79. The largest absolute Gasteiger partial charge is 0.493 e. The fraction of sp³-hybridized carbons (Fsp3) is 0.0952. The highest BCUT2D eigenvalue weighted by molar-refractivity contribution is 7.80. The number of anilines is 2. The molecule has 0 fully saturated rings. The van der Waals surface area contributed by atoms with Crippen LogP contribution in [0.3, 0.4) is 0 Å². The van der Waals surface area contributed by atoms with Crippen molar-refractivity contribution in [1.82, 2.24) is 0 Å². The first-order valence-electron chi connectivity index (χ1n) is 8.30. The molecule has 3 rings (SSSR count). The van der Waals surface area contributed by atoms with Crippen LogP contribution in [0.4, 0.5) is 11.4 Å². The molecule has 0 radical (unpaired) electrons. The predicted octanol–water partition coefficient (Wildman–Crippen LogP) is 6.26. The Hall–Kier alpha value is -2.76. The van der Waals surface area contributed by atoms with Crippen molar-refractivity contribution in [3.63, 3.8) is 0 Å². The molecule has 0 aromatic heterocycles. The van der Waals surface area contributed by atoms with Gasteiger partial charge >= 0.3 is 0 Å². The third kappa shape index (κ3) is 5.12. The van der Waals surface area contributed by atoms with E-state index in [2.05, 4.69) is 10.6 Å². The summed E-state index contributed by atoms with van der Waals surface area (Å²) in [6.07, 6.45) is 0. The molecule has 3 aromatic carbocycles. The molecule has 0 aliphatic rings. The molecule has 0 saturated heterocycles. The predicted molar refractivity (Wildman–Crippen MR) is 116 cm³/mol. The summed E-state index contributed by atoms with van der Waals surface area (Å²) in [7, 11) is 1.60. The van der Waals surface area contributed by atoms with Crippen molar-refractivity contribution in [2.45, 2.75) is 6.92 Å². The molecule has 0 spiro atoms. The van der Waals surface area contributed by atoms with Crippen molar-refractivity contribution in [2.75, 3.05) is 17.7 Å². The van der Waals surface area contributed by atoms with E-state index < -0.39 is 0 Å². The number of aryl methyl sites for hydroxylation is 1. The van der Waals surface area contributed by atoms with Gasteiger partial charge in [-0.05, 0) is 61.6 Å². The number of hydrogen-bond donors (Lipinski definition) is 2. The van der Waals surface area contributed by atoms with Crippen molar-refractivity contribution in [1.29, 1.82) is 0 Å². The Morgan fingerprint density at radius 3 is 2.30 bits per heavy atom. The summed E-state index contributed by atoms with van der Waals surface area (Å²) in [4.78, 5) is 0. The fourth-order valence-electron chi connectivity index (χ4n) is 2.43. The van der Waals surface area contributed by atoms with Crippen LogP contribution in [0.2, 0.25) is 5.02 Å². The van der Waals surface area contributed by atoms with Gasteiger partial charge in [0.05, 0.1) is 12.8 Å². The number of thiocarbonyl (C=S) groups is 1. The van der Waals surface area contributed by atoms with Gasteiger partial charge in [0.15, 0.2) is 22.4 Å². The van der Waals surface area contributed by atoms with Crippen molar-refractivity contribution in [2.24, 2.45) is 0 Å². The van der Waals surface area contributed by atoms with Crippen LogP contribution in [0.25, 0.3) is 0 Å². The summed E-state index contributed by atoms with van der Waals surface area (Å²) >= 11 is 11.6. The van der Waals surface area contributed by atoms with Crippen LogP contribution >= 0.6 is 23.8 Å².